The van der Waals surface area contributed by atoms with Crippen LogP contribution < -0.4 is 5.32 Å². The Morgan fingerprint density at radius 1 is 1.35 bits per heavy atom. The summed E-state index contributed by atoms with van der Waals surface area (Å²) in [7, 11) is 1.78. The Morgan fingerprint density at radius 2 is 2.04 bits per heavy atom. The van der Waals surface area contributed by atoms with Gasteiger partial charge in [0.15, 0.2) is 0 Å². The van der Waals surface area contributed by atoms with Gasteiger partial charge in [0.2, 0.25) is 0 Å². The van der Waals surface area contributed by atoms with Crippen molar-refractivity contribution in [3.05, 3.63) is 46.2 Å². The quantitative estimate of drug-likeness (QED) is 0.902. The van der Waals surface area contributed by atoms with Crippen LogP contribution in [0.15, 0.2) is 24.3 Å². The van der Waals surface area contributed by atoms with E-state index in [2.05, 4.69) is 24.3 Å². The topological polar surface area (TPSA) is 50.2 Å². The lowest BCUT2D eigenvalue weighted by Gasteiger charge is -2.18. The molecule has 0 radical (unpaired) electrons. The van der Waals surface area contributed by atoms with Gasteiger partial charge in [0.25, 0.3) is 0 Å². The highest BCUT2D eigenvalue weighted by Crippen LogP contribution is 2.21. The van der Waals surface area contributed by atoms with Crippen molar-refractivity contribution >= 4 is 23.3 Å². The minimum atomic E-state index is -0.170. The summed E-state index contributed by atoms with van der Waals surface area (Å²) in [5.74, 6) is 0. The first-order valence-electron chi connectivity index (χ1n) is 7.73. The largest absolute Gasteiger partial charge is 0.327 e. The van der Waals surface area contributed by atoms with Crippen molar-refractivity contribution in [3.8, 4) is 0 Å². The molecule has 0 saturated carbocycles. The zero-order chi connectivity index (χ0) is 17.0. The number of carbonyl (C=O) groups excluding carboxylic acids is 1. The predicted molar refractivity (Wildman–Crippen MR) is 94.2 cm³/mol. The lowest BCUT2D eigenvalue weighted by Crippen LogP contribution is -2.33. The van der Waals surface area contributed by atoms with Crippen molar-refractivity contribution in [1.29, 1.82) is 0 Å². The third kappa shape index (κ3) is 4.05. The number of nitrogens with one attached hydrogen (secondary N) is 1. The Kier molecular flexibility index (Phi) is 5.66. The van der Waals surface area contributed by atoms with Gasteiger partial charge in [-0.3, -0.25) is 4.68 Å². The molecule has 0 aliphatic rings. The fraction of sp³-hybridized carbons (Fsp3) is 0.412. The van der Waals surface area contributed by atoms with Crippen molar-refractivity contribution in [2.75, 3.05) is 18.9 Å². The van der Waals surface area contributed by atoms with Crippen LogP contribution in [0.3, 0.4) is 0 Å². The zero-order valence-electron chi connectivity index (χ0n) is 14.1. The number of nitrogens with zero attached hydrogens (tertiary/aromatic N) is 3. The predicted octanol–water partition coefficient (Wildman–Crippen LogP) is 3.88. The van der Waals surface area contributed by atoms with Gasteiger partial charge in [0.05, 0.1) is 16.4 Å². The molecule has 1 aromatic carbocycles. The van der Waals surface area contributed by atoms with Gasteiger partial charge >= 0.3 is 6.03 Å². The monoisotopic (exact) mass is 334 g/mol. The summed E-state index contributed by atoms with van der Waals surface area (Å²) < 4.78 is 1.99. The number of para-hydroxylation sites is 1. The van der Waals surface area contributed by atoms with E-state index in [4.69, 9.17) is 11.6 Å². The Bertz CT molecular complexity index is 696. The average Bonchev–Trinajstić information content (AvgIpc) is 2.81. The van der Waals surface area contributed by atoms with Gasteiger partial charge in [-0.2, -0.15) is 5.10 Å². The molecular weight excluding hydrogens is 312 g/mol. The SMILES string of the molecule is CCn1nc(C)c(CCN(C)C(=O)Nc2ccccc2Cl)c1C. The van der Waals surface area contributed by atoms with Crippen LogP contribution >= 0.6 is 11.6 Å². The molecule has 0 aliphatic heterocycles. The summed E-state index contributed by atoms with van der Waals surface area (Å²) >= 11 is 6.06. The van der Waals surface area contributed by atoms with E-state index in [1.807, 2.05) is 23.7 Å². The van der Waals surface area contributed by atoms with Gasteiger partial charge < -0.3 is 10.2 Å². The number of amides is 2. The molecule has 0 fully saturated rings. The van der Waals surface area contributed by atoms with Crippen LogP contribution in [0.2, 0.25) is 5.02 Å². The summed E-state index contributed by atoms with van der Waals surface area (Å²) in [6, 6.07) is 7.04. The number of aryl methyl sites for hydroxylation is 2. The minimum Gasteiger partial charge on any atom is -0.327 e. The number of urea groups is 1. The normalized spacial score (nSPS) is 10.7. The smallest absolute Gasteiger partial charge is 0.321 e. The summed E-state index contributed by atoms with van der Waals surface area (Å²) in [6.45, 7) is 7.64. The van der Waals surface area contributed by atoms with E-state index < -0.39 is 0 Å². The number of halogens is 1. The van der Waals surface area contributed by atoms with Gasteiger partial charge in [-0.25, -0.2) is 4.79 Å². The third-order valence-corrected chi connectivity index (χ3v) is 4.32. The summed E-state index contributed by atoms with van der Waals surface area (Å²) in [5, 5.41) is 7.87. The molecule has 2 aromatic rings. The fourth-order valence-electron chi connectivity index (χ4n) is 2.56. The van der Waals surface area contributed by atoms with E-state index in [9.17, 15) is 4.79 Å². The maximum Gasteiger partial charge on any atom is 0.321 e. The van der Waals surface area contributed by atoms with Crippen molar-refractivity contribution in [1.82, 2.24) is 14.7 Å². The molecule has 23 heavy (non-hydrogen) atoms. The van der Waals surface area contributed by atoms with Gasteiger partial charge in [0.1, 0.15) is 0 Å². The number of rotatable bonds is 5. The van der Waals surface area contributed by atoms with E-state index in [-0.39, 0.29) is 6.03 Å². The molecule has 0 spiro atoms. The number of aromatic nitrogens is 2. The average molecular weight is 335 g/mol. The van der Waals surface area contributed by atoms with Crippen LogP contribution in [-0.2, 0) is 13.0 Å². The molecule has 0 bridgehead atoms. The highest BCUT2D eigenvalue weighted by atomic mass is 35.5. The molecule has 1 N–H and O–H groups in total. The van der Waals surface area contributed by atoms with E-state index in [0.29, 0.717) is 17.3 Å². The number of likely N-dealkylation sites (N-methyl/N-ethyl adjacent to an activating group) is 1. The summed E-state index contributed by atoms with van der Waals surface area (Å²) in [4.78, 5) is 13.9. The molecule has 1 aromatic heterocycles. The first-order valence-corrected chi connectivity index (χ1v) is 8.11. The zero-order valence-corrected chi connectivity index (χ0v) is 14.8. The minimum absolute atomic E-state index is 0.170. The van der Waals surface area contributed by atoms with Crippen molar-refractivity contribution in [3.63, 3.8) is 0 Å². The Labute approximate surface area is 142 Å². The number of hydrogen-bond donors (Lipinski definition) is 1. The maximum atomic E-state index is 12.3. The Morgan fingerprint density at radius 3 is 2.65 bits per heavy atom. The molecule has 2 rings (SSSR count). The molecule has 0 unspecified atom stereocenters. The van der Waals surface area contributed by atoms with E-state index in [1.165, 1.54) is 11.3 Å². The molecule has 2 amide bonds. The van der Waals surface area contributed by atoms with Crippen molar-refractivity contribution < 1.29 is 4.79 Å². The van der Waals surface area contributed by atoms with Crippen LogP contribution in [0.25, 0.3) is 0 Å². The number of carbonyl (C=O) groups is 1. The molecule has 0 aliphatic carbocycles. The summed E-state index contributed by atoms with van der Waals surface area (Å²) in [6.07, 6.45) is 0.782. The molecule has 124 valence electrons. The second-order valence-corrected chi connectivity index (χ2v) is 5.95. The van der Waals surface area contributed by atoms with Crippen LogP contribution in [0.5, 0.6) is 0 Å². The lowest BCUT2D eigenvalue weighted by molar-refractivity contribution is 0.223. The van der Waals surface area contributed by atoms with Crippen molar-refractivity contribution in [2.24, 2.45) is 0 Å². The maximum absolute atomic E-state index is 12.3. The molecule has 0 atom stereocenters. The van der Waals surface area contributed by atoms with E-state index in [0.717, 1.165) is 18.7 Å². The highest BCUT2D eigenvalue weighted by molar-refractivity contribution is 6.33. The Hall–Kier alpha value is -2.01. The van der Waals surface area contributed by atoms with Crippen LogP contribution in [0, 0.1) is 13.8 Å². The van der Waals surface area contributed by atoms with Gasteiger partial charge in [-0.05, 0) is 44.9 Å². The highest BCUT2D eigenvalue weighted by Gasteiger charge is 2.14. The fourth-order valence-corrected chi connectivity index (χ4v) is 2.74. The summed E-state index contributed by atoms with van der Waals surface area (Å²) in [5.41, 5.74) is 4.04. The molecule has 6 heteroatoms. The lowest BCUT2D eigenvalue weighted by atomic mass is 10.1. The van der Waals surface area contributed by atoms with E-state index in [1.54, 1.807) is 24.1 Å². The van der Waals surface area contributed by atoms with E-state index >= 15 is 0 Å². The first-order chi connectivity index (χ1) is 10.9. The van der Waals surface area contributed by atoms with Crippen molar-refractivity contribution in [2.45, 2.75) is 33.7 Å². The molecule has 0 saturated heterocycles. The number of anilines is 1. The second kappa shape index (κ2) is 7.51. The third-order valence-electron chi connectivity index (χ3n) is 3.99. The molecular formula is C17H23ClN4O. The number of benzene rings is 1. The van der Waals surface area contributed by atoms with Gasteiger partial charge in [-0.15, -0.1) is 0 Å². The first kappa shape index (κ1) is 17.3. The standard InChI is InChI=1S/C17H23ClN4O/c1-5-22-13(3)14(12(2)20-22)10-11-21(4)17(23)19-16-9-7-6-8-15(16)18/h6-9H,5,10-11H2,1-4H3,(H,19,23). The van der Waals surface area contributed by atoms with Crippen LogP contribution in [-0.4, -0.2) is 34.3 Å². The van der Waals surface area contributed by atoms with Gasteiger partial charge in [0, 0.05) is 25.8 Å². The molecule has 1 heterocycles. The van der Waals surface area contributed by atoms with Crippen LogP contribution in [0.4, 0.5) is 10.5 Å². The number of hydrogen-bond acceptors (Lipinski definition) is 2. The van der Waals surface area contributed by atoms with Gasteiger partial charge in [-0.1, -0.05) is 23.7 Å². The Balaban J connectivity index is 1.97. The van der Waals surface area contributed by atoms with Crippen LogP contribution in [0.1, 0.15) is 23.9 Å². The second-order valence-electron chi connectivity index (χ2n) is 5.55. The molecule has 5 nitrogen and oxygen atoms in total.